The molecule has 1 aromatic carbocycles. The first-order valence-corrected chi connectivity index (χ1v) is 7.57. The molecule has 1 amide bonds. The predicted octanol–water partition coefficient (Wildman–Crippen LogP) is 2.74. The first kappa shape index (κ1) is 17.7. The van der Waals surface area contributed by atoms with Crippen molar-refractivity contribution in [2.45, 2.75) is 20.8 Å². The molecule has 6 heteroatoms. The average Bonchev–Trinajstić information content (AvgIpc) is 2.30. The number of aryl methyl sites for hydroxylation is 1. The van der Waals surface area contributed by atoms with Gasteiger partial charge in [-0.15, -0.1) is 0 Å². The molecule has 0 radical (unpaired) electrons. The van der Waals surface area contributed by atoms with E-state index in [0.29, 0.717) is 12.5 Å². The fraction of sp³-hybridized carbons (Fsp3) is 0.467. The Labute approximate surface area is 133 Å². The Hall–Kier alpha value is -1.40. The number of amides is 1. The van der Waals surface area contributed by atoms with Crippen LogP contribution in [0.2, 0.25) is 0 Å². The molecule has 0 bridgehead atoms. The minimum Gasteiger partial charge on any atom is -0.480 e. The molecule has 1 aromatic rings. The van der Waals surface area contributed by atoms with Crippen LogP contribution < -0.4 is 5.32 Å². The van der Waals surface area contributed by atoms with Crippen LogP contribution in [0, 0.1) is 12.8 Å². The van der Waals surface area contributed by atoms with Crippen LogP contribution in [-0.2, 0) is 9.59 Å². The topological polar surface area (TPSA) is 69.6 Å². The van der Waals surface area contributed by atoms with E-state index >= 15 is 0 Å². The first-order chi connectivity index (χ1) is 9.77. The summed E-state index contributed by atoms with van der Waals surface area (Å²) in [5, 5.41) is 11.7. The maximum absolute atomic E-state index is 12.1. The highest BCUT2D eigenvalue weighted by atomic mass is 79.9. The van der Waals surface area contributed by atoms with Crippen molar-refractivity contribution in [1.29, 1.82) is 0 Å². The number of carboxylic acids is 1. The van der Waals surface area contributed by atoms with Crippen molar-refractivity contribution < 1.29 is 14.7 Å². The molecule has 0 aliphatic heterocycles. The van der Waals surface area contributed by atoms with Gasteiger partial charge < -0.3 is 10.4 Å². The number of halogens is 1. The standard InChI is InChI=1S/C15H21BrN2O3/c1-10(2)7-18(9-15(20)21)8-14(19)17-13-5-4-12(16)6-11(13)3/h4-6,10H,7-9H2,1-3H3,(H,17,19)(H,20,21). The van der Waals surface area contributed by atoms with E-state index in [4.69, 9.17) is 5.11 Å². The molecule has 0 saturated carbocycles. The Balaban J connectivity index is 2.66. The average molecular weight is 357 g/mol. The van der Waals surface area contributed by atoms with Gasteiger partial charge in [-0.05, 0) is 36.6 Å². The molecule has 116 valence electrons. The van der Waals surface area contributed by atoms with Gasteiger partial charge in [0.1, 0.15) is 0 Å². The number of carboxylic acid groups (broad SMARTS) is 1. The quantitative estimate of drug-likeness (QED) is 0.787. The Morgan fingerprint density at radius 1 is 1.33 bits per heavy atom. The number of nitrogens with one attached hydrogen (secondary N) is 1. The number of carbonyl (C=O) groups excluding carboxylic acids is 1. The number of nitrogens with zero attached hydrogens (tertiary/aromatic N) is 1. The van der Waals surface area contributed by atoms with Crippen molar-refractivity contribution in [1.82, 2.24) is 4.90 Å². The van der Waals surface area contributed by atoms with Crippen LogP contribution in [0.25, 0.3) is 0 Å². The molecule has 0 aromatic heterocycles. The summed E-state index contributed by atoms with van der Waals surface area (Å²) in [6.07, 6.45) is 0. The molecule has 0 atom stereocenters. The zero-order valence-electron chi connectivity index (χ0n) is 12.5. The van der Waals surface area contributed by atoms with Crippen LogP contribution in [0.5, 0.6) is 0 Å². The zero-order valence-corrected chi connectivity index (χ0v) is 14.1. The summed E-state index contributed by atoms with van der Waals surface area (Å²) >= 11 is 3.37. The molecule has 0 aliphatic carbocycles. The summed E-state index contributed by atoms with van der Waals surface area (Å²) in [6, 6.07) is 5.59. The second-order valence-electron chi connectivity index (χ2n) is 5.46. The third kappa shape index (κ3) is 6.73. The highest BCUT2D eigenvalue weighted by Crippen LogP contribution is 2.19. The van der Waals surface area contributed by atoms with Crippen molar-refractivity contribution in [2.75, 3.05) is 25.0 Å². The van der Waals surface area contributed by atoms with E-state index < -0.39 is 5.97 Å². The van der Waals surface area contributed by atoms with E-state index in [1.165, 1.54) is 0 Å². The van der Waals surface area contributed by atoms with Gasteiger partial charge in [-0.3, -0.25) is 14.5 Å². The largest absolute Gasteiger partial charge is 0.480 e. The highest BCUT2D eigenvalue weighted by molar-refractivity contribution is 9.10. The van der Waals surface area contributed by atoms with Crippen molar-refractivity contribution in [3.63, 3.8) is 0 Å². The van der Waals surface area contributed by atoms with Gasteiger partial charge in [0, 0.05) is 16.7 Å². The Morgan fingerprint density at radius 3 is 2.52 bits per heavy atom. The second kappa shape index (κ2) is 8.14. The first-order valence-electron chi connectivity index (χ1n) is 6.78. The summed E-state index contributed by atoms with van der Waals surface area (Å²) in [5.74, 6) is -0.836. The summed E-state index contributed by atoms with van der Waals surface area (Å²) in [6.45, 7) is 6.39. The van der Waals surface area contributed by atoms with E-state index in [-0.39, 0.29) is 19.0 Å². The minimum absolute atomic E-state index is 0.0694. The molecule has 0 spiro atoms. The third-order valence-electron chi connectivity index (χ3n) is 2.81. The van der Waals surface area contributed by atoms with Gasteiger partial charge in [0.2, 0.25) is 5.91 Å². The Kier molecular flexibility index (Phi) is 6.84. The van der Waals surface area contributed by atoms with Crippen LogP contribution in [0.1, 0.15) is 19.4 Å². The van der Waals surface area contributed by atoms with E-state index in [9.17, 15) is 9.59 Å². The van der Waals surface area contributed by atoms with E-state index in [2.05, 4.69) is 21.2 Å². The van der Waals surface area contributed by atoms with Crippen LogP contribution in [-0.4, -0.2) is 41.5 Å². The van der Waals surface area contributed by atoms with E-state index in [0.717, 1.165) is 15.7 Å². The summed E-state index contributed by atoms with van der Waals surface area (Å²) in [4.78, 5) is 24.5. The Bertz CT molecular complexity index is 518. The summed E-state index contributed by atoms with van der Waals surface area (Å²) in [7, 11) is 0. The second-order valence-corrected chi connectivity index (χ2v) is 6.38. The van der Waals surface area contributed by atoms with Gasteiger partial charge in [-0.1, -0.05) is 29.8 Å². The van der Waals surface area contributed by atoms with Crippen LogP contribution in [0.4, 0.5) is 5.69 Å². The summed E-state index contributed by atoms with van der Waals surface area (Å²) < 4.78 is 0.949. The number of rotatable bonds is 7. The molecule has 1 rings (SSSR count). The lowest BCUT2D eigenvalue weighted by molar-refractivity contribution is -0.138. The van der Waals surface area contributed by atoms with Gasteiger partial charge in [-0.2, -0.15) is 0 Å². The van der Waals surface area contributed by atoms with E-state index in [1.54, 1.807) is 4.90 Å². The summed E-state index contributed by atoms with van der Waals surface area (Å²) in [5.41, 5.74) is 1.69. The van der Waals surface area contributed by atoms with Gasteiger partial charge in [0.25, 0.3) is 0 Å². The molecular formula is C15H21BrN2O3. The SMILES string of the molecule is Cc1cc(Br)ccc1NC(=O)CN(CC(=O)O)CC(C)C. The lowest BCUT2D eigenvalue weighted by Gasteiger charge is -2.21. The van der Waals surface area contributed by atoms with Gasteiger partial charge in [0.15, 0.2) is 0 Å². The predicted molar refractivity (Wildman–Crippen MR) is 86.4 cm³/mol. The zero-order chi connectivity index (χ0) is 16.0. The van der Waals surface area contributed by atoms with Gasteiger partial charge >= 0.3 is 5.97 Å². The molecular weight excluding hydrogens is 336 g/mol. The highest BCUT2D eigenvalue weighted by Gasteiger charge is 2.15. The number of benzene rings is 1. The molecule has 5 nitrogen and oxygen atoms in total. The van der Waals surface area contributed by atoms with Crippen molar-refractivity contribution in [2.24, 2.45) is 5.92 Å². The number of hydrogen-bond donors (Lipinski definition) is 2. The number of aliphatic carboxylic acids is 1. The maximum Gasteiger partial charge on any atom is 0.317 e. The molecule has 2 N–H and O–H groups in total. The van der Waals surface area contributed by atoms with Gasteiger partial charge in [-0.25, -0.2) is 0 Å². The van der Waals surface area contributed by atoms with Crippen molar-refractivity contribution in [3.05, 3.63) is 28.2 Å². The van der Waals surface area contributed by atoms with Crippen LogP contribution >= 0.6 is 15.9 Å². The molecule has 0 unspecified atom stereocenters. The van der Waals surface area contributed by atoms with Crippen LogP contribution in [0.15, 0.2) is 22.7 Å². The van der Waals surface area contributed by atoms with Crippen molar-refractivity contribution >= 4 is 33.5 Å². The monoisotopic (exact) mass is 356 g/mol. The van der Waals surface area contributed by atoms with Crippen molar-refractivity contribution in [3.8, 4) is 0 Å². The fourth-order valence-corrected chi connectivity index (χ4v) is 2.53. The molecule has 0 fully saturated rings. The smallest absolute Gasteiger partial charge is 0.317 e. The molecule has 0 saturated heterocycles. The van der Waals surface area contributed by atoms with Gasteiger partial charge in [0.05, 0.1) is 13.1 Å². The normalized spacial score (nSPS) is 11.0. The number of hydrogen-bond acceptors (Lipinski definition) is 3. The van der Waals surface area contributed by atoms with Crippen LogP contribution in [0.3, 0.4) is 0 Å². The minimum atomic E-state index is -0.928. The Morgan fingerprint density at radius 2 is 2.00 bits per heavy atom. The fourth-order valence-electron chi connectivity index (χ4n) is 2.05. The lowest BCUT2D eigenvalue weighted by atomic mass is 10.2. The molecule has 0 heterocycles. The maximum atomic E-state index is 12.1. The molecule has 21 heavy (non-hydrogen) atoms. The number of anilines is 1. The lowest BCUT2D eigenvalue weighted by Crippen LogP contribution is -2.39. The molecule has 0 aliphatic rings. The van der Waals surface area contributed by atoms with E-state index in [1.807, 2.05) is 39.0 Å². The third-order valence-corrected chi connectivity index (χ3v) is 3.31. The number of carbonyl (C=O) groups is 2.